The van der Waals surface area contributed by atoms with Crippen LogP contribution in [-0.2, 0) is 6.61 Å². The number of nitrogens with zero attached hydrogens (tertiary/aromatic N) is 3. The van der Waals surface area contributed by atoms with Crippen LogP contribution < -0.4 is 0 Å². The molecule has 0 unspecified atom stereocenters. The molecule has 100 valence electrons. The van der Waals surface area contributed by atoms with Gasteiger partial charge in [0.15, 0.2) is 5.69 Å². The van der Waals surface area contributed by atoms with Crippen LogP contribution in [0.25, 0.3) is 5.69 Å². The monoisotopic (exact) mass is 259 g/mol. The van der Waals surface area contributed by atoms with Crippen molar-refractivity contribution in [2.45, 2.75) is 13.5 Å². The van der Waals surface area contributed by atoms with Gasteiger partial charge in [-0.05, 0) is 30.2 Å². The number of aryl methyl sites for hydroxylation is 1. The van der Waals surface area contributed by atoms with Gasteiger partial charge >= 0.3 is 0 Å². The minimum Gasteiger partial charge on any atom is -0.392 e. The Bertz CT molecular complexity index is 602. The molecule has 0 radical (unpaired) electrons. The van der Waals surface area contributed by atoms with E-state index in [1.54, 1.807) is 31.0 Å². The molecule has 1 N–H and O–H groups in total. The number of carbonyl (C=O) groups is 1. The first-order chi connectivity index (χ1) is 9.02. The molecule has 0 aliphatic carbocycles. The van der Waals surface area contributed by atoms with Gasteiger partial charge in [0.1, 0.15) is 0 Å². The maximum atomic E-state index is 11.8. The number of rotatable bonds is 3. The number of carbonyl (C=O) groups excluding carboxylic acids is 1. The van der Waals surface area contributed by atoms with Crippen molar-refractivity contribution in [1.29, 1.82) is 0 Å². The highest BCUT2D eigenvalue weighted by molar-refractivity contribution is 5.91. The van der Waals surface area contributed by atoms with E-state index in [2.05, 4.69) is 5.10 Å². The average molecular weight is 259 g/mol. The van der Waals surface area contributed by atoms with Crippen molar-refractivity contribution in [2.24, 2.45) is 0 Å². The van der Waals surface area contributed by atoms with Gasteiger partial charge in [0.05, 0.1) is 12.3 Å². The number of hydrogen-bond donors (Lipinski definition) is 1. The first kappa shape index (κ1) is 13.3. The normalized spacial score (nSPS) is 10.5. The van der Waals surface area contributed by atoms with Crippen molar-refractivity contribution in [3.63, 3.8) is 0 Å². The van der Waals surface area contributed by atoms with Crippen LogP contribution in [0.2, 0.25) is 0 Å². The maximum Gasteiger partial charge on any atom is 0.273 e. The van der Waals surface area contributed by atoms with Gasteiger partial charge in [0.25, 0.3) is 5.91 Å². The topological polar surface area (TPSA) is 58.4 Å². The molecule has 1 aromatic heterocycles. The number of aliphatic hydroxyl groups is 1. The van der Waals surface area contributed by atoms with Crippen LogP contribution in [0.4, 0.5) is 0 Å². The van der Waals surface area contributed by atoms with E-state index in [4.69, 9.17) is 5.11 Å². The molecule has 0 spiro atoms. The molecule has 19 heavy (non-hydrogen) atoms. The molecule has 2 rings (SSSR count). The summed E-state index contributed by atoms with van der Waals surface area (Å²) in [5.41, 5.74) is 3.17. The summed E-state index contributed by atoms with van der Waals surface area (Å²) in [5.74, 6) is -0.122. The minimum absolute atomic E-state index is 0.0184. The summed E-state index contributed by atoms with van der Waals surface area (Å²) in [4.78, 5) is 13.3. The fourth-order valence-corrected chi connectivity index (χ4v) is 1.87. The van der Waals surface area contributed by atoms with Gasteiger partial charge in [-0.3, -0.25) is 4.79 Å². The lowest BCUT2D eigenvalue weighted by Crippen LogP contribution is -2.22. The quantitative estimate of drug-likeness (QED) is 0.905. The van der Waals surface area contributed by atoms with Gasteiger partial charge in [-0.2, -0.15) is 5.10 Å². The van der Waals surface area contributed by atoms with Gasteiger partial charge in [-0.1, -0.05) is 12.1 Å². The van der Waals surface area contributed by atoms with E-state index in [9.17, 15) is 4.79 Å². The van der Waals surface area contributed by atoms with Crippen LogP contribution in [0.3, 0.4) is 0 Å². The summed E-state index contributed by atoms with van der Waals surface area (Å²) in [6.45, 7) is 1.97. The SMILES string of the molecule is Cc1cc(CO)ccc1-n1ccc(C(=O)N(C)C)n1. The Morgan fingerprint density at radius 1 is 1.37 bits per heavy atom. The van der Waals surface area contributed by atoms with Crippen molar-refractivity contribution in [1.82, 2.24) is 14.7 Å². The van der Waals surface area contributed by atoms with Crippen LogP contribution in [0.1, 0.15) is 21.6 Å². The summed E-state index contributed by atoms with van der Waals surface area (Å²) in [7, 11) is 3.39. The van der Waals surface area contributed by atoms with Crippen LogP contribution in [-0.4, -0.2) is 39.8 Å². The van der Waals surface area contributed by atoms with Gasteiger partial charge < -0.3 is 10.0 Å². The van der Waals surface area contributed by atoms with Crippen molar-refractivity contribution >= 4 is 5.91 Å². The fourth-order valence-electron chi connectivity index (χ4n) is 1.87. The van der Waals surface area contributed by atoms with E-state index in [0.717, 1.165) is 16.8 Å². The standard InChI is InChI=1S/C14H17N3O2/c1-10-8-11(9-18)4-5-13(10)17-7-6-12(15-17)14(19)16(2)3/h4-8,18H,9H2,1-3H3. The summed E-state index contributed by atoms with van der Waals surface area (Å²) >= 11 is 0. The Morgan fingerprint density at radius 3 is 2.68 bits per heavy atom. The van der Waals surface area contributed by atoms with E-state index in [-0.39, 0.29) is 12.5 Å². The molecule has 0 saturated carbocycles. The zero-order valence-corrected chi connectivity index (χ0v) is 11.3. The van der Waals surface area contributed by atoms with E-state index in [1.165, 1.54) is 4.90 Å². The molecule has 5 nitrogen and oxygen atoms in total. The summed E-state index contributed by atoms with van der Waals surface area (Å²) in [6.07, 6.45) is 1.76. The van der Waals surface area contributed by atoms with Crippen molar-refractivity contribution in [3.8, 4) is 5.69 Å². The lowest BCUT2D eigenvalue weighted by molar-refractivity contribution is 0.0821. The first-order valence-electron chi connectivity index (χ1n) is 6.01. The number of aromatic nitrogens is 2. The molecule has 0 bridgehead atoms. The molecule has 1 aromatic carbocycles. The number of aliphatic hydroxyl groups excluding tert-OH is 1. The van der Waals surface area contributed by atoms with Gasteiger partial charge in [0.2, 0.25) is 0 Å². The average Bonchev–Trinajstić information content (AvgIpc) is 2.86. The summed E-state index contributed by atoms with van der Waals surface area (Å²) in [6, 6.07) is 7.33. The van der Waals surface area contributed by atoms with Crippen LogP contribution in [0.5, 0.6) is 0 Å². The third-order valence-electron chi connectivity index (χ3n) is 2.90. The molecule has 2 aromatic rings. The predicted molar refractivity (Wildman–Crippen MR) is 72.2 cm³/mol. The smallest absolute Gasteiger partial charge is 0.273 e. The third kappa shape index (κ3) is 2.66. The van der Waals surface area contributed by atoms with Crippen molar-refractivity contribution in [3.05, 3.63) is 47.3 Å². The first-order valence-corrected chi connectivity index (χ1v) is 6.01. The maximum absolute atomic E-state index is 11.8. The Labute approximate surface area is 112 Å². The van der Waals surface area contributed by atoms with E-state index < -0.39 is 0 Å². The largest absolute Gasteiger partial charge is 0.392 e. The second kappa shape index (κ2) is 5.24. The third-order valence-corrected chi connectivity index (χ3v) is 2.90. The van der Waals surface area contributed by atoms with E-state index in [0.29, 0.717) is 5.69 Å². The second-order valence-electron chi connectivity index (χ2n) is 4.62. The van der Waals surface area contributed by atoms with Gasteiger partial charge in [0, 0.05) is 20.3 Å². The number of amides is 1. The predicted octanol–water partition coefficient (Wildman–Crippen LogP) is 1.37. The molecule has 0 fully saturated rings. The zero-order chi connectivity index (χ0) is 14.0. The summed E-state index contributed by atoms with van der Waals surface area (Å²) < 4.78 is 1.67. The highest BCUT2D eigenvalue weighted by Gasteiger charge is 2.12. The van der Waals surface area contributed by atoms with E-state index in [1.807, 2.05) is 25.1 Å². The van der Waals surface area contributed by atoms with Crippen LogP contribution in [0, 0.1) is 6.92 Å². The fraction of sp³-hybridized carbons (Fsp3) is 0.286. The Morgan fingerprint density at radius 2 is 2.11 bits per heavy atom. The number of hydrogen-bond acceptors (Lipinski definition) is 3. The molecular weight excluding hydrogens is 242 g/mol. The highest BCUT2D eigenvalue weighted by atomic mass is 16.3. The Hall–Kier alpha value is -2.14. The number of benzene rings is 1. The van der Waals surface area contributed by atoms with Gasteiger partial charge in [-0.15, -0.1) is 0 Å². The highest BCUT2D eigenvalue weighted by Crippen LogP contribution is 2.16. The minimum atomic E-state index is -0.122. The molecule has 0 saturated heterocycles. The van der Waals surface area contributed by atoms with Crippen molar-refractivity contribution < 1.29 is 9.90 Å². The van der Waals surface area contributed by atoms with Crippen LogP contribution >= 0.6 is 0 Å². The molecule has 5 heteroatoms. The lowest BCUT2D eigenvalue weighted by atomic mass is 10.1. The van der Waals surface area contributed by atoms with E-state index >= 15 is 0 Å². The van der Waals surface area contributed by atoms with Gasteiger partial charge in [-0.25, -0.2) is 4.68 Å². The van der Waals surface area contributed by atoms with Crippen molar-refractivity contribution in [2.75, 3.05) is 14.1 Å². The second-order valence-corrected chi connectivity index (χ2v) is 4.62. The molecule has 0 aliphatic heterocycles. The molecule has 1 amide bonds. The molecule has 0 aliphatic rings. The summed E-state index contributed by atoms with van der Waals surface area (Å²) in [5, 5.41) is 13.4. The Kier molecular flexibility index (Phi) is 3.66. The lowest BCUT2D eigenvalue weighted by Gasteiger charge is -2.09. The zero-order valence-electron chi connectivity index (χ0n) is 11.3. The van der Waals surface area contributed by atoms with Crippen LogP contribution in [0.15, 0.2) is 30.5 Å². The Balaban J connectivity index is 2.35. The molecule has 0 atom stereocenters. The molecule has 1 heterocycles. The molecular formula is C14H17N3O2.